The molecule has 0 saturated heterocycles. The monoisotopic (exact) mass is 375 g/mol. The number of benzene rings is 2. The number of halogens is 4. The molecule has 0 bridgehead atoms. The number of anilines is 1. The van der Waals surface area contributed by atoms with Gasteiger partial charge in [0, 0.05) is 0 Å². The minimum Gasteiger partial charge on any atom is -0.320 e. The maximum Gasteiger partial charge on any atom is 0.416 e. The van der Waals surface area contributed by atoms with Crippen LogP contribution >= 0.6 is 11.6 Å². The molecule has 0 aliphatic heterocycles. The van der Waals surface area contributed by atoms with Crippen molar-refractivity contribution in [2.75, 3.05) is 5.32 Å². The van der Waals surface area contributed by atoms with E-state index in [4.69, 9.17) is 22.1 Å². The van der Waals surface area contributed by atoms with Gasteiger partial charge in [0.05, 0.1) is 27.9 Å². The van der Waals surface area contributed by atoms with Gasteiger partial charge in [-0.25, -0.2) is 0 Å². The lowest BCUT2D eigenvalue weighted by atomic mass is 10.1. The van der Waals surface area contributed by atoms with Crippen molar-refractivity contribution in [3.63, 3.8) is 0 Å². The molecule has 0 unspecified atom stereocenters. The Labute approximate surface area is 151 Å². The van der Waals surface area contributed by atoms with E-state index >= 15 is 0 Å². The fourth-order valence-corrected chi connectivity index (χ4v) is 2.12. The van der Waals surface area contributed by atoms with Gasteiger partial charge in [0.15, 0.2) is 0 Å². The van der Waals surface area contributed by atoms with Crippen LogP contribution in [0.4, 0.5) is 18.9 Å². The summed E-state index contributed by atoms with van der Waals surface area (Å²) in [5, 5.41) is 20.0. The lowest BCUT2D eigenvalue weighted by Crippen LogP contribution is -2.15. The first-order valence-corrected chi connectivity index (χ1v) is 7.42. The van der Waals surface area contributed by atoms with Crippen LogP contribution in [0.15, 0.2) is 48.0 Å². The smallest absolute Gasteiger partial charge is 0.320 e. The van der Waals surface area contributed by atoms with Crippen molar-refractivity contribution in [3.05, 3.63) is 69.8 Å². The van der Waals surface area contributed by atoms with Crippen molar-refractivity contribution in [1.29, 1.82) is 10.5 Å². The van der Waals surface area contributed by atoms with Crippen LogP contribution in [-0.4, -0.2) is 5.91 Å². The highest BCUT2D eigenvalue weighted by molar-refractivity contribution is 6.34. The normalized spacial score (nSPS) is 11.4. The van der Waals surface area contributed by atoms with Gasteiger partial charge in [-0.05, 0) is 42.0 Å². The number of hydrogen-bond acceptors (Lipinski definition) is 3. The van der Waals surface area contributed by atoms with Gasteiger partial charge in [0.2, 0.25) is 0 Å². The van der Waals surface area contributed by atoms with Crippen molar-refractivity contribution in [2.45, 2.75) is 6.18 Å². The molecule has 0 saturated carbocycles. The summed E-state index contributed by atoms with van der Waals surface area (Å²) in [7, 11) is 0. The number of hydrogen-bond donors (Lipinski definition) is 1. The molecular weight excluding hydrogens is 367 g/mol. The van der Waals surface area contributed by atoms with Crippen molar-refractivity contribution in [1.82, 2.24) is 0 Å². The van der Waals surface area contributed by atoms with E-state index in [1.807, 2.05) is 6.07 Å². The van der Waals surface area contributed by atoms with Crippen LogP contribution in [0, 0.1) is 22.7 Å². The van der Waals surface area contributed by atoms with Gasteiger partial charge in [-0.1, -0.05) is 23.7 Å². The predicted molar refractivity (Wildman–Crippen MR) is 89.8 cm³/mol. The number of amides is 1. The standard InChI is InChI=1S/C18H9ClF3N3O/c19-15-6-5-14(18(20,21)22)8-16(15)25-17(26)13(10-24)7-11-1-3-12(9-23)4-2-11/h1-8H,(H,25,26). The minimum absolute atomic E-state index is 0.0954. The lowest BCUT2D eigenvalue weighted by Gasteiger charge is -2.11. The van der Waals surface area contributed by atoms with Crippen molar-refractivity contribution < 1.29 is 18.0 Å². The van der Waals surface area contributed by atoms with Gasteiger partial charge >= 0.3 is 6.18 Å². The topological polar surface area (TPSA) is 76.7 Å². The van der Waals surface area contributed by atoms with Crippen LogP contribution in [0.2, 0.25) is 5.02 Å². The second-order valence-electron chi connectivity index (χ2n) is 5.05. The highest BCUT2D eigenvalue weighted by Crippen LogP contribution is 2.34. The Morgan fingerprint density at radius 3 is 2.31 bits per heavy atom. The van der Waals surface area contributed by atoms with E-state index in [1.165, 1.54) is 30.3 Å². The molecule has 0 radical (unpaired) electrons. The number of rotatable bonds is 3. The molecule has 2 aromatic rings. The zero-order valence-electron chi connectivity index (χ0n) is 12.9. The first-order valence-electron chi connectivity index (χ1n) is 7.04. The van der Waals surface area contributed by atoms with Gasteiger partial charge in [-0.2, -0.15) is 23.7 Å². The lowest BCUT2D eigenvalue weighted by molar-refractivity contribution is -0.137. The Balaban J connectivity index is 2.28. The Hall–Kier alpha value is -3.29. The predicted octanol–water partition coefficient (Wildman–Crippen LogP) is 4.78. The van der Waals surface area contributed by atoms with E-state index in [0.29, 0.717) is 17.2 Å². The molecule has 0 aliphatic rings. The third-order valence-electron chi connectivity index (χ3n) is 3.26. The van der Waals surface area contributed by atoms with Crippen LogP contribution in [0.1, 0.15) is 16.7 Å². The summed E-state index contributed by atoms with van der Waals surface area (Å²) in [6, 6.07) is 12.2. The molecule has 8 heteroatoms. The minimum atomic E-state index is -4.60. The fourth-order valence-electron chi connectivity index (χ4n) is 1.96. The molecule has 0 aliphatic carbocycles. The Kier molecular flexibility index (Phi) is 5.66. The van der Waals surface area contributed by atoms with Crippen LogP contribution in [0.3, 0.4) is 0 Å². The van der Waals surface area contributed by atoms with Gasteiger partial charge in [-0.3, -0.25) is 4.79 Å². The third-order valence-corrected chi connectivity index (χ3v) is 3.59. The second-order valence-corrected chi connectivity index (χ2v) is 5.46. The Bertz CT molecular complexity index is 952. The zero-order chi connectivity index (χ0) is 19.3. The molecular formula is C18H9ClF3N3O. The molecule has 1 amide bonds. The van der Waals surface area contributed by atoms with E-state index in [2.05, 4.69) is 5.32 Å². The van der Waals surface area contributed by atoms with Crippen molar-refractivity contribution >= 4 is 29.3 Å². The van der Waals surface area contributed by atoms with Gasteiger partial charge < -0.3 is 5.32 Å². The first-order chi connectivity index (χ1) is 12.2. The number of alkyl halides is 3. The average Bonchev–Trinajstić information content (AvgIpc) is 2.61. The molecule has 0 aromatic heterocycles. The van der Waals surface area contributed by atoms with Gasteiger partial charge in [0.25, 0.3) is 5.91 Å². The van der Waals surface area contributed by atoms with E-state index in [0.717, 1.165) is 12.1 Å². The summed E-state index contributed by atoms with van der Waals surface area (Å²) in [6.07, 6.45) is -3.35. The number of carbonyl (C=O) groups is 1. The van der Waals surface area contributed by atoms with E-state index < -0.39 is 17.6 Å². The van der Waals surface area contributed by atoms with E-state index in [-0.39, 0.29) is 16.3 Å². The summed E-state index contributed by atoms with van der Waals surface area (Å²) in [6.45, 7) is 0. The SMILES string of the molecule is N#CC(=Cc1ccc(C#N)cc1)C(=O)Nc1cc(C(F)(F)F)ccc1Cl. The maximum absolute atomic E-state index is 12.8. The zero-order valence-corrected chi connectivity index (χ0v) is 13.7. The average molecular weight is 376 g/mol. The van der Waals surface area contributed by atoms with E-state index in [1.54, 1.807) is 6.07 Å². The summed E-state index contributed by atoms with van der Waals surface area (Å²) < 4.78 is 38.3. The second kappa shape index (κ2) is 7.73. The number of nitriles is 2. The molecule has 4 nitrogen and oxygen atoms in total. The summed E-state index contributed by atoms with van der Waals surface area (Å²) >= 11 is 5.82. The largest absolute Gasteiger partial charge is 0.416 e. The maximum atomic E-state index is 12.8. The van der Waals surface area contributed by atoms with Crippen LogP contribution in [0.25, 0.3) is 6.08 Å². The molecule has 2 rings (SSSR count). The summed E-state index contributed by atoms with van der Waals surface area (Å²) in [4.78, 5) is 12.2. The Morgan fingerprint density at radius 1 is 1.12 bits per heavy atom. The third kappa shape index (κ3) is 4.62. The highest BCUT2D eigenvalue weighted by Gasteiger charge is 2.31. The van der Waals surface area contributed by atoms with Gasteiger partial charge in [0.1, 0.15) is 11.6 Å². The highest BCUT2D eigenvalue weighted by atomic mass is 35.5. The van der Waals surface area contributed by atoms with Crippen LogP contribution in [0.5, 0.6) is 0 Å². The molecule has 2 aromatic carbocycles. The quantitative estimate of drug-likeness (QED) is 0.619. The summed E-state index contributed by atoms with van der Waals surface area (Å²) in [5.41, 5.74) is -0.686. The fraction of sp³-hybridized carbons (Fsp3) is 0.0556. The Morgan fingerprint density at radius 2 is 1.77 bits per heavy atom. The van der Waals surface area contributed by atoms with Crippen LogP contribution < -0.4 is 5.32 Å². The number of carbonyl (C=O) groups excluding carboxylic acids is 1. The molecule has 0 spiro atoms. The number of nitrogens with zero attached hydrogens (tertiary/aromatic N) is 2. The van der Waals surface area contributed by atoms with Gasteiger partial charge in [-0.15, -0.1) is 0 Å². The first kappa shape index (κ1) is 19.0. The molecule has 1 N–H and O–H groups in total. The van der Waals surface area contributed by atoms with Crippen molar-refractivity contribution in [3.8, 4) is 12.1 Å². The van der Waals surface area contributed by atoms with Crippen molar-refractivity contribution in [2.24, 2.45) is 0 Å². The molecule has 26 heavy (non-hydrogen) atoms. The molecule has 0 fully saturated rings. The van der Waals surface area contributed by atoms with Crippen LogP contribution in [-0.2, 0) is 11.0 Å². The number of nitrogens with one attached hydrogen (secondary N) is 1. The van der Waals surface area contributed by atoms with E-state index in [9.17, 15) is 18.0 Å². The molecule has 0 heterocycles. The summed E-state index contributed by atoms with van der Waals surface area (Å²) in [5.74, 6) is -0.905. The molecule has 0 atom stereocenters. The molecule has 130 valence electrons.